The van der Waals surface area contributed by atoms with Crippen LogP contribution in [-0.2, 0) is 4.79 Å². The molecule has 0 bridgehead atoms. The van der Waals surface area contributed by atoms with E-state index < -0.39 is 0 Å². The van der Waals surface area contributed by atoms with Gasteiger partial charge in [-0.15, -0.1) is 0 Å². The van der Waals surface area contributed by atoms with Crippen molar-refractivity contribution in [3.8, 4) is 0 Å². The Balaban J connectivity index is 2.44. The molecule has 1 fully saturated rings. The Morgan fingerprint density at radius 3 is 2.24 bits per heavy atom. The van der Waals surface area contributed by atoms with Gasteiger partial charge in [0.05, 0.1) is 6.04 Å². The molecule has 0 aliphatic carbocycles. The van der Waals surface area contributed by atoms with Gasteiger partial charge in [0.25, 0.3) is 0 Å². The van der Waals surface area contributed by atoms with Crippen LogP contribution in [-0.4, -0.2) is 81.5 Å². The van der Waals surface area contributed by atoms with Gasteiger partial charge in [0.1, 0.15) is 5.78 Å². The first kappa shape index (κ1) is 18.6. The summed E-state index contributed by atoms with van der Waals surface area (Å²) in [4.78, 5) is 16.4. The highest BCUT2D eigenvalue weighted by Gasteiger charge is 2.18. The molecule has 1 aliphatic heterocycles. The second-order valence-electron chi connectivity index (χ2n) is 6.26. The predicted octanol–water partition coefficient (Wildman–Crippen LogP) is 0.561. The molecule has 0 spiro atoms. The van der Waals surface area contributed by atoms with Crippen molar-refractivity contribution in [3.05, 3.63) is 0 Å². The first-order valence-corrected chi connectivity index (χ1v) is 8.42. The average molecular weight is 298 g/mol. The van der Waals surface area contributed by atoms with Crippen LogP contribution in [0.3, 0.4) is 0 Å². The minimum atomic E-state index is 0.0637. The highest BCUT2D eigenvalue weighted by molar-refractivity contribution is 5.81. The van der Waals surface area contributed by atoms with Crippen molar-refractivity contribution >= 4 is 5.78 Å². The van der Waals surface area contributed by atoms with Crippen LogP contribution < -0.4 is 10.6 Å². The standard InChI is InChI=1S/C16H34N4O/c1-15(21)16-7-11-18-9-4-8-17-10-5-12-19(2)13-6-14-20(16)3/h16-18H,4-14H2,1-3H3. The van der Waals surface area contributed by atoms with E-state index >= 15 is 0 Å². The van der Waals surface area contributed by atoms with Crippen molar-refractivity contribution in [2.75, 3.05) is 59.9 Å². The van der Waals surface area contributed by atoms with Crippen molar-refractivity contribution in [3.63, 3.8) is 0 Å². The number of nitrogens with one attached hydrogen (secondary N) is 2. The number of hydrogen-bond acceptors (Lipinski definition) is 5. The monoisotopic (exact) mass is 298 g/mol. The highest BCUT2D eigenvalue weighted by Crippen LogP contribution is 2.05. The summed E-state index contributed by atoms with van der Waals surface area (Å²) in [6.45, 7) is 9.10. The van der Waals surface area contributed by atoms with Gasteiger partial charge in [-0.2, -0.15) is 0 Å². The van der Waals surface area contributed by atoms with E-state index in [-0.39, 0.29) is 11.8 Å². The van der Waals surface area contributed by atoms with Crippen LogP contribution in [0, 0.1) is 0 Å². The topological polar surface area (TPSA) is 47.6 Å². The molecule has 1 saturated heterocycles. The average Bonchev–Trinajstić information content (AvgIpc) is 2.43. The summed E-state index contributed by atoms with van der Waals surface area (Å²) in [5.74, 6) is 0.287. The van der Waals surface area contributed by atoms with E-state index in [4.69, 9.17) is 0 Å². The van der Waals surface area contributed by atoms with E-state index in [1.54, 1.807) is 6.92 Å². The van der Waals surface area contributed by atoms with Crippen LogP contribution in [0.2, 0.25) is 0 Å². The van der Waals surface area contributed by atoms with Gasteiger partial charge >= 0.3 is 0 Å². The molecule has 1 heterocycles. The minimum Gasteiger partial charge on any atom is -0.317 e. The van der Waals surface area contributed by atoms with Crippen molar-refractivity contribution < 1.29 is 4.79 Å². The molecule has 5 nitrogen and oxygen atoms in total. The smallest absolute Gasteiger partial charge is 0.146 e. The molecule has 0 amide bonds. The van der Waals surface area contributed by atoms with Crippen LogP contribution in [0.1, 0.15) is 32.6 Å². The first-order chi connectivity index (χ1) is 10.1. The van der Waals surface area contributed by atoms with E-state index in [1.165, 1.54) is 6.42 Å². The molecule has 1 unspecified atom stereocenters. The predicted molar refractivity (Wildman–Crippen MR) is 88.8 cm³/mol. The van der Waals surface area contributed by atoms with Gasteiger partial charge in [0, 0.05) is 0 Å². The summed E-state index contributed by atoms with van der Waals surface area (Å²) in [6.07, 6.45) is 4.39. The fraction of sp³-hybridized carbons (Fsp3) is 0.938. The number of nitrogens with zero attached hydrogens (tertiary/aromatic N) is 2. The van der Waals surface area contributed by atoms with Crippen LogP contribution in [0.5, 0.6) is 0 Å². The molecule has 2 N–H and O–H groups in total. The summed E-state index contributed by atoms with van der Waals surface area (Å²) in [6, 6.07) is 0.0637. The Morgan fingerprint density at radius 1 is 0.905 bits per heavy atom. The van der Waals surface area contributed by atoms with Crippen molar-refractivity contribution in [2.24, 2.45) is 0 Å². The maximum absolute atomic E-state index is 11.8. The highest BCUT2D eigenvalue weighted by atomic mass is 16.1. The Bertz CT molecular complexity index is 285. The maximum Gasteiger partial charge on any atom is 0.146 e. The van der Waals surface area contributed by atoms with E-state index in [9.17, 15) is 4.79 Å². The molecule has 0 radical (unpaired) electrons. The second kappa shape index (κ2) is 11.1. The second-order valence-corrected chi connectivity index (χ2v) is 6.26. The van der Waals surface area contributed by atoms with Gasteiger partial charge in [-0.1, -0.05) is 0 Å². The molecule has 124 valence electrons. The number of ketones is 1. The lowest BCUT2D eigenvalue weighted by molar-refractivity contribution is -0.121. The third-order valence-corrected chi connectivity index (χ3v) is 4.25. The van der Waals surface area contributed by atoms with Crippen LogP contribution in [0.15, 0.2) is 0 Å². The molecular weight excluding hydrogens is 264 g/mol. The SMILES string of the molecule is CC(=O)C1CCNCCCNCCCN(C)CCCN1C. The van der Waals surface area contributed by atoms with Crippen molar-refractivity contribution in [1.82, 2.24) is 20.4 Å². The summed E-state index contributed by atoms with van der Waals surface area (Å²) >= 11 is 0. The molecule has 0 saturated carbocycles. The van der Waals surface area contributed by atoms with Gasteiger partial charge in [0.15, 0.2) is 0 Å². The third-order valence-electron chi connectivity index (χ3n) is 4.25. The molecule has 1 rings (SSSR count). The number of carbonyl (C=O) groups is 1. The number of Topliss-reactive ketones (excluding diaryl/α,β-unsaturated/α-hetero) is 1. The molecule has 0 aromatic carbocycles. The fourth-order valence-electron chi connectivity index (χ4n) is 2.89. The van der Waals surface area contributed by atoms with Crippen molar-refractivity contribution in [1.29, 1.82) is 0 Å². The lowest BCUT2D eigenvalue weighted by atomic mass is 10.1. The molecular formula is C16H34N4O. The maximum atomic E-state index is 11.8. The number of likely N-dealkylation sites (N-methyl/N-ethyl adjacent to an activating group) is 1. The third kappa shape index (κ3) is 8.51. The number of rotatable bonds is 1. The lowest BCUT2D eigenvalue weighted by Crippen LogP contribution is -2.41. The Morgan fingerprint density at radius 2 is 1.52 bits per heavy atom. The number of hydrogen-bond donors (Lipinski definition) is 2. The van der Waals surface area contributed by atoms with E-state index in [2.05, 4.69) is 34.5 Å². The largest absolute Gasteiger partial charge is 0.317 e. The summed E-state index contributed by atoms with van der Waals surface area (Å²) < 4.78 is 0. The van der Waals surface area contributed by atoms with Crippen LogP contribution in [0.4, 0.5) is 0 Å². The van der Waals surface area contributed by atoms with E-state index in [1.807, 2.05) is 0 Å². The lowest BCUT2D eigenvalue weighted by Gasteiger charge is -2.27. The summed E-state index contributed by atoms with van der Waals surface area (Å²) in [7, 11) is 4.27. The quantitative estimate of drug-likeness (QED) is 0.741. The van der Waals surface area contributed by atoms with Gasteiger partial charge < -0.3 is 15.5 Å². The Hall–Kier alpha value is -0.490. The van der Waals surface area contributed by atoms with Gasteiger partial charge in [-0.25, -0.2) is 0 Å². The molecule has 21 heavy (non-hydrogen) atoms. The van der Waals surface area contributed by atoms with Crippen molar-refractivity contribution in [2.45, 2.75) is 38.6 Å². The zero-order valence-electron chi connectivity index (χ0n) is 14.2. The van der Waals surface area contributed by atoms with Crippen LogP contribution in [0.25, 0.3) is 0 Å². The normalized spacial score (nSPS) is 26.5. The molecule has 0 aromatic rings. The van der Waals surface area contributed by atoms with E-state index in [0.29, 0.717) is 0 Å². The number of carbonyl (C=O) groups excluding carboxylic acids is 1. The van der Waals surface area contributed by atoms with Gasteiger partial charge in [-0.3, -0.25) is 9.69 Å². The Kier molecular flexibility index (Phi) is 9.83. The van der Waals surface area contributed by atoms with Gasteiger partial charge in [0.2, 0.25) is 0 Å². The van der Waals surface area contributed by atoms with E-state index in [0.717, 1.165) is 65.1 Å². The fourth-order valence-corrected chi connectivity index (χ4v) is 2.89. The minimum absolute atomic E-state index is 0.0637. The zero-order chi connectivity index (χ0) is 15.5. The molecule has 0 aromatic heterocycles. The molecule has 1 aliphatic rings. The van der Waals surface area contributed by atoms with Crippen LogP contribution >= 0.6 is 0 Å². The van der Waals surface area contributed by atoms with Gasteiger partial charge in [-0.05, 0) is 92.5 Å². The molecule has 1 atom stereocenters. The zero-order valence-corrected chi connectivity index (χ0v) is 14.2. The summed E-state index contributed by atoms with van der Waals surface area (Å²) in [5, 5.41) is 6.95. The first-order valence-electron chi connectivity index (χ1n) is 8.42. The Labute approximate surface area is 130 Å². The molecule has 5 heteroatoms. The summed E-state index contributed by atoms with van der Waals surface area (Å²) in [5.41, 5.74) is 0.